The molecule has 1 heterocycles. The Bertz CT molecular complexity index is 1040. The third-order valence-corrected chi connectivity index (χ3v) is 5.07. The van der Waals surface area contributed by atoms with Crippen molar-refractivity contribution in [3.8, 4) is 0 Å². The molecule has 3 amide bonds. The van der Waals surface area contributed by atoms with Crippen LogP contribution < -0.4 is 5.32 Å². The zero-order valence-electron chi connectivity index (χ0n) is 15.2. The van der Waals surface area contributed by atoms with Crippen LogP contribution in [0.4, 0.5) is 22.4 Å². The first kappa shape index (κ1) is 21.6. The Kier molecular flexibility index (Phi) is 6.25. The molecule has 2 aromatic rings. The molecule has 1 aliphatic rings. The van der Waals surface area contributed by atoms with Gasteiger partial charge in [-0.1, -0.05) is 30.3 Å². The van der Waals surface area contributed by atoms with Crippen LogP contribution in [0.3, 0.4) is 0 Å². The van der Waals surface area contributed by atoms with Crippen LogP contribution in [0.1, 0.15) is 21.5 Å². The molecule has 0 bridgehead atoms. The van der Waals surface area contributed by atoms with E-state index >= 15 is 0 Å². The lowest BCUT2D eigenvalue weighted by molar-refractivity contribution is -0.138. The Morgan fingerprint density at radius 1 is 1.07 bits per heavy atom. The summed E-state index contributed by atoms with van der Waals surface area (Å²) in [5, 5.41) is 1.66. The third-order valence-electron chi connectivity index (χ3n) is 4.16. The van der Waals surface area contributed by atoms with E-state index in [4.69, 9.17) is 0 Å². The number of amides is 3. The molecular weight excluding hydrogens is 424 g/mol. The summed E-state index contributed by atoms with van der Waals surface area (Å²) in [7, 11) is 0. The van der Waals surface area contributed by atoms with Crippen molar-refractivity contribution in [2.24, 2.45) is 0 Å². The first-order chi connectivity index (χ1) is 14.2. The van der Waals surface area contributed by atoms with Gasteiger partial charge in [0.05, 0.1) is 16.0 Å². The smallest absolute Gasteiger partial charge is 0.350 e. The van der Waals surface area contributed by atoms with E-state index < -0.39 is 40.2 Å². The summed E-state index contributed by atoms with van der Waals surface area (Å²) in [6.07, 6.45) is -3.45. The van der Waals surface area contributed by atoms with Gasteiger partial charge in [0.25, 0.3) is 17.1 Å². The van der Waals surface area contributed by atoms with E-state index in [1.54, 1.807) is 6.07 Å². The van der Waals surface area contributed by atoms with E-state index in [2.05, 4.69) is 5.32 Å². The maximum atomic E-state index is 13.7. The van der Waals surface area contributed by atoms with Gasteiger partial charge in [0.15, 0.2) is 0 Å². The zero-order valence-corrected chi connectivity index (χ0v) is 16.0. The van der Waals surface area contributed by atoms with Crippen LogP contribution >= 0.6 is 11.8 Å². The lowest BCUT2D eigenvalue weighted by Gasteiger charge is -2.15. The SMILES string of the molecule is O=C(NCCN1C(=O)S/C(=C\c2ccccc2F)C1=O)c1ccccc1C(F)(F)F. The Balaban J connectivity index is 1.65. The third kappa shape index (κ3) is 4.70. The number of nitrogens with zero attached hydrogens (tertiary/aromatic N) is 1. The predicted molar refractivity (Wildman–Crippen MR) is 103 cm³/mol. The van der Waals surface area contributed by atoms with Crippen molar-refractivity contribution < 1.29 is 31.9 Å². The molecule has 156 valence electrons. The van der Waals surface area contributed by atoms with Crippen LogP contribution in [0.5, 0.6) is 0 Å². The average molecular weight is 438 g/mol. The quantitative estimate of drug-likeness (QED) is 0.558. The Hall–Kier alpha value is -3.14. The fourth-order valence-electron chi connectivity index (χ4n) is 2.73. The number of alkyl halides is 3. The van der Waals surface area contributed by atoms with Crippen molar-refractivity contribution in [1.82, 2.24) is 10.2 Å². The molecule has 1 saturated heterocycles. The average Bonchev–Trinajstić information content (AvgIpc) is 2.96. The Morgan fingerprint density at radius 3 is 2.43 bits per heavy atom. The molecule has 0 spiro atoms. The number of nitrogens with one attached hydrogen (secondary N) is 1. The van der Waals surface area contributed by atoms with Gasteiger partial charge in [-0.25, -0.2) is 4.39 Å². The molecule has 10 heteroatoms. The lowest BCUT2D eigenvalue weighted by Crippen LogP contribution is -2.37. The Labute approximate surface area is 172 Å². The van der Waals surface area contributed by atoms with Crippen LogP contribution in [-0.2, 0) is 11.0 Å². The van der Waals surface area contributed by atoms with Crippen LogP contribution in [0, 0.1) is 5.82 Å². The molecular formula is C20H14F4N2O3S. The molecule has 0 aliphatic carbocycles. The number of carbonyl (C=O) groups is 3. The Morgan fingerprint density at radius 2 is 1.73 bits per heavy atom. The molecule has 1 fully saturated rings. The topological polar surface area (TPSA) is 66.5 Å². The van der Waals surface area contributed by atoms with Gasteiger partial charge in [-0.05, 0) is 36.0 Å². The predicted octanol–water partition coefficient (Wildman–Crippen LogP) is 4.31. The molecule has 0 saturated carbocycles. The number of halogens is 4. The summed E-state index contributed by atoms with van der Waals surface area (Å²) in [5.74, 6) is -2.20. The van der Waals surface area contributed by atoms with E-state index in [1.807, 2.05) is 0 Å². The second-order valence-electron chi connectivity index (χ2n) is 6.15. The van der Waals surface area contributed by atoms with Crippen LogP contribution in [0.25, 0.3) is 6.08 Å². The van der Waals surface area contributed by atoms with Gasteiger partial charge in [-0.15, -0.1) is 0 Å². The number of hydrogen-bond acceptors (Lipinski definition) is 4. The fourth-order valence-corrected chi connectivity index (χ4v) is 3.59. The van der Waals surface area contributed by atoms with Crippen molar-refractivity contribution in [2.75, 3.05) is 13.1 Å². The number of thioether (sulfide) groups is 1. The van der Waals surface area contributed by atoms with Crippen LogP contribution in [0.15, 0.2) is 53.4 Å². The van der Waals surface area contributed by atoms with Crippen LogP contribution in [-0.4, -0.2) is 35.0 Å². The second-order valence-corrected chi connectivity index (χ2v) is 7.15. The van der Waals surface area contributed by atoms with Gasteiger partial charge in [0.2, 0.25) is 0 Å². The maximum absolute atomic E-state index is 13.7. The number of carbonyl (C=O) groups excluding carboxylic acids is 3. The minimum Gasteiger partial charge on any atom is -0.350 e. The van der Waals surface area contributed by atoms with Gasteiger partial charge >= 0.3 is 6.18 Å². The molecule has 3 rings (SSSR count). The van der Waals surface area contributed by atoms with E-state index in [0.717, 1.165) is 17.0 Å². The molecule has 1 N–H and O–H groups in total. The minimum atomic E-state index is -4.70. The highest BCUT2D eigenvalue weighted by Crippen LogP contribution is 2.33. The molecule has 1 aliphatic heterocycles. The van der Waals surface area contributed by atoms with E-state index in [0.29, 0.717) is 11.8 Å². The molecule has 0 aromatic heterocycles. The van der Waals surface area contributed by atoms with Crippen molar-refractivity contribution >= 4 is 34.9 Å². The van der Waals surface area contributed by atoms with E-state index in [9.17, 15) is 31.9 Å². The summed E-state index contributed by atoms with van der Waals surface area (Å²) < 4.78 is 52.8. The first-order valence-electron chi connectivity index (χ1n) is 8.63. The number of rotatable bonds is 5. The molecule has 5 nitrogen and oxygen atoms in total. The molecule has 30 heavy (non-hydrogen) atoms. The summed E-state index contributed by atoms with van der Waals surface area (Å²) in [4.78, 5) is 37.5. The van der Waals surface area contributed by atoms with Crippen molar-refractivity contribution in [3.63, 3.8) is 0 Å². The van der Waals surface area contributed by atoms with Crippen LogP contribution in [0.2, 0.25) is 0 Å². The lowest BCUT2D eigenvalue weighted by atomic mass is 10.1. The molecule has 0 atom stereocenters. The monoisotopic (exact) mass is 438 g/mol. The summed E-state index contributed by atoms with van der Waals surface area (Å²) >= 11 is 0.617. The highest BCUT2D eigenvalue weighted by Gasteiger charge is 2.36. The first-order valence-corrected chi connectivity index (χ1v) is 9.44. The summed E-state index contributed by atoms with van der Waals surface area (Å²) in [6.45, 7) is -0.477. The molecule has 0 unspecified atom stereocenters. The maximum Gasteiger partial charge on any atom is 0.417 e. The fraction of sp³-hybridized carbons (Fsp3) is 0.150. The van der Waals surface area contributed by atoms with Gasteiger partial charge in [0.1, 0.15) is 5.82 Å². The molecule has 0 radical (unpaired) electrons. The summed E-state index contributed by atoms with van der Waals surface area (Å²) in [6, 6.07) is 10.0. The summed E-state index contributed by atoms with van der Waals surface area (Å²) in [5.41, 5.74) is -1.50. The van der Waals surface area contributed by atoms with Crippen molar-refractivity contribution in [2.45, 2.75) is 6.18 Å². The van der Waals surface area contributed by atoms with Gasteiger partial charge in [0, 0.05) is 18.7 Å². The van der Waals surface area contributed by atoms with Crippen molar-refractivity contribution in [3.05, 3.63) is 75.9 Å². The van der Waals surface area contributed by atoms with E-state index in [1.165, 1.54) is 36.4 Å². The van der Waals surface area contributed by atoms with Gasteiger partial charge < -0.3 is 5.32 Å². The highest BCUT2D eigenvalue weighted by atomic mass is 32.2. The van der Waals surface area contributed by atoms with Gasteiger partial charge in [-0.2, -0.15) is 13.2 Å². The van der Waals surface area contributed by atoms with E-state index in [-0.39, 0.29) is 23.6 Å². The number of hydrogen-bond donors (Lipinski definition) is 1. The minimum absolute atomic E-state index is 0.0128. The number of benzene rings is 2. The second kappa shape index (κ2) is 8.70. The zero-order chi connectivity index (χ0) is 21.9. The normalized spacial score (nSPS) is 15.7. The standard InChI is InChI=1S/C20H14F4N2O3S/c21-15-8-4-1-5-12(15)11-16-18(28)26(19(29)30-16)10-9-25-17(27)13-6-2-3-7-14(13)20(22,23)24/h1-8,11H,9-10H2,(H,25,27)/b16-11-. The van der Waals surface area contributed by atoms with Gasteiger partial charge in [-0.3, -0.25) is 19.3 Å². The number of imide groups is 1. The largest absolute Gasteiger partial charge is 0.417 e. The van der Waals surface area contributed by atoms with Crippen molar-refractivity contribution in [1.29, 1.82) is 0 Å². The molecule has 2 aromatic carbocycles. The highest BCUT2D eigenvalue weighted by molar-refractivity contribution is 8.18.